The second-order valence-electron chi connectivity index (χ2n) is 10.2. The van der Waals surface area contributed by atoms with Crippen LogP contribution in [0.25, 0.3) is 0 Å². The van der Waals surface area contributed by atoms with Gasteiger partial charge in [0.05, 0.1) is 30.8 Å². The summed E-state index contributed by atoms with van der Waals surface area (Å²) in [5, 5.41) is 54.4. The van der Waals surface area contributed by atoms with E-state index in [1.54, 1.807) is 0 Å². The van der Waals surface area contributed by atoms with Gasteiger partial charge in [0.25, 0.3) is 0 Å². The van der Waals surface area contributed by atoms with E-state index < -0.39 is 92.0 Å². The lowest BCUT2D eigenvalue weighted by Gasteiger charge is -2.48. The minimum Gasteiger partial charge on any atom is -0.394 e. The van der Waals surface area contributed by atoms with Crippen LogP contribution in [0.15, 0.2) is 0 Å². The van der Waals surface area contributed by atoms with Crippen LogP contribution in [0.2, 0.25) is 0 Å². The SMILES string of the molecule is NCC[C@H](O)C(=O)N[C@@H]1C[C@H](N)[C@@H](O[C@H]2O[C@H](CN)CC[C@H]2N)[C@H](O)[C@H]1O[C@@H]1O[C@H](CO)[C@@H](O)[C@H](N)[C@H]1O. The topological polar surface area (TPSA) is 297 Å². The molecule has 2 aliphatic heterocycles. The van der Waals surface area contributed by atoms with Crippen molar-refractivity contribution in [1.82, 2.24) is 5.32 Å². The molecule has 1 saturated carbocycles. The first-order chi connectivity index (χ1) is 18.0. The van der Waals surface area contributed by atoms with Gasteiger partial charge < -0.3 is 78.5 Å². The van der Waals surface area contributed by atoms with Gasteiger partial charge in [-0.15, -0.1) is 0 Å². The van der Waals surface area contributed by atoms with Crippen molar-refractivity contribution in [2.45, 2.75) is 111 Å². The molecule has 0 aromatic carbocycles. The van der Waals surface area contributed by atoms with E-state index in [1.807, 2.05) is 0 Å². The molecule has 0 aromatic rings. The Bertz CT molecular complexity index is 755. The Balaban J connectivity index is 1.82. The van der Waals surface area contributed by atoms with E-state index in [-0.39, 0.29) is 32.0 Å². The molecule has 16 nitrogen and oxygen atoms in total. The van der Waals surface area contributed by atoms with Gasteiger partial charge in [-0.2, -0.15) is 0 Å². The fourth-order valence-corrected chi connectivity index (χ4v) is 5.02. The van der Waals surface area contributed by atoms with Crippen molar-refractivity contribution >= 4 is 5.91 Å². The van der Waals surface area contributed by atoms with E-state index in [9.17, 15) is 30.3 Å². The molecule has 1 aliphatic carbocycles. The molecule has 38 heavy (non-hydrogen) atoms. The zero-order chi connectivity index (χ0) is 28.1. The summed E-state index contributed by atoms with van der Waals surface area (Å²) < 4.78 is 23.3. The molecule has 222 valence electrons. The summed E-state index contributed by atoms with van der Waals surface area (Å²) in [6.45, 7) is -0.296. The third kappa shape index (κ3) is 7.15. The molecule has 3 rings (SSSR count). The van der Waals surface area contributed by atoms with Crippen molar-refractivity contribution in [3.8, 4) is 0 Å². The molecule has 16 heteroatoms. The van der Waals surface area contributed by atoms with Crippen LogP contribution >= 0.6 is 0 Å². The molecule has 2 saturated heterocycles. The monoisotopic (exact) mass is 552 g/mol. The van der Waals surface area contributed by atoms with Gasteiger partial charge in [0.15, 0.2) is 12.6 Å². The maximum absolute atomic E-state index is 12.6. The molecule has 16 N–H and O–H groups in total. The van der Waals surface area contributed by atoms with E-state index in [4.69, 9.17) is 47.6 Å². The van der Waals surface area contributed by atoms with E-state index in [1.165, 1.54) is 0 Å². The van der Waals surface area contributed by atoms with Gasteiger partial charge in [0.2, 0.25) is 5.91 Å². The average Bonchev–Trinajstić information content (AvgIpc) is 2.89. The number of hydrogen-bond donors (Lipinski definition) is 11. The zero-order valence-electron chi connectivity index (χ0n) is 21.2. The number of carbonyl (C=O) groups is 1. The lowest BCUT2D eigenvalue weighted by molar-refractivity contribution is -0.314. The Kier molecular flexibility index (Phi) is 11.6. The normalized spacial score (nSPS) is 44.9. The summed E-state index contributed by atoms with van der Waals surface area (Å²) >= 11 is 0. The molecule has 0 aromatic heterocycles. The lowest BCUT2D eigenvalue weighted by atomic mass is 9.83. The van der Waals surface area contributed by atoms with Gasteiger partial charge in [0.1, 0.15) is 42.7 Å². The van der Waals surface area contributed by atoms with Crippen molar-refractivity contribution in [1.29, 1.82) is 0 Å². The standard InChI is InChI=1S/C22H44N6O10/c23-4-3-12(30)20(34)28-11-5-10(26)18(37-21-9(25)2-1-8(6-24)35-21)17(33)19(11)38-22-16(32)14(27)15(31)13(7-29)36-22/h8-19,21-22,29-33H,1-7,23-27H2,(H,28,34)/t8-,9+,10-,11+,12-,13+,14-,15+,16+,17-,18+,19-,21+,22-/m0/s1. The summed E-state index contributed by atoms with van der Waals surface area (Å²) in [6.07, 6.45) is -10.8. The molecule has 3 fully saturated rings. The van der Waals surface area contributed by atoms with Crippen molar-refractivity contribution in [2.24, 2.45) is 28.7 Å². The summed E-state index contributed by atoms with van der Waals surface area (Å²) in [5.74, 6) is -0.762. The second-order valence-corrected chi connectivity index (χ2v) is 10.2. The second kappa shape index (κ2) is 14.0. The highest BCUT2D eigenvalue weighted by molar-refractivity contribution is 5.80. The van der Waals surface area contributed by atoms with E-state index in [2.05, 4.69) is 5.32 Å². The Hall–Kier alpha value is -1.09. The Labute approximate surface area is 220 Å². The predicted molar refractivity (Wildman–Crippen MR) is 131 cm³/mol. The first kappa shape index (κ1) is 31.4. The van der Waals surface area contributed by atoms with Gasteiger partial charge in [-0.1, -0.05) is 0 Å². The highest BCUT2D eigenvalue weighted by Gasteiger charge is 2.51. The first-order valence-electron chi connectivity index (χ1n) is 12.9. The smallest absolute Gasteiger partial charge is 0.249 e. The zero-order valence-corrected chi connectivity index (χ0v) is 21.2. The number of aliphatic hydroxyl groups is 5. The number of nitrogens with one attached hydrogen (secondary N) is 1. The Morgan fingerprint density at radius 2 is 1.63 bits per heavy atom. The molecule has 3 aliphatic rings. The highest BCUT2D eigenvalue weighted by Crippen LogP contribution is 2.31. The third-order valence-corrected chi connectivity index (χ3v) is 7.37. The quantitative estimate of drug-likeness (QED) is 0.120. The largest absolute Gasteiger partial charge is 0.394 e. The Morgan fingerprint density at radius 1 is 0.947 bits per heavy atom. The molecule has 0 spiro atoms. The number of aliphatic hydroxyl groups excluding tert-OH is 5. The highest BCUT2D eigenvalue weighted by atomic mass is 16.7. The lowest BCUT2D eigenvalue weighted by Crippen LogP contribution is -2.69. The van der Waals surface area contributed by atoms with Crippen LogP contribution in [-0.2, 0) is 23.7 Å². The van der Waals surface area contributed by atoms with E-state index in [0.717, 1.165) is 0 Å². The molecule has 2 heterocycles. The maximum atomic E-state index is 12.6. The molecule has 0 radical (unpaired) electrons. The molecular formula is C22H44N6O10. The van der Waals surface area contributed by atoms with Crippen LogP contribution in [0.4, 0.5) is 0 Å². The molecule has 0 unspecified atom stereocenters. The van der Waals surface area contributed by atoms with Crippen LogP contribution in [0.1, 0.15) is 25.7 Å². The first-order valence-corrected chi connectivity index (χ1v) is 12.9. The molecule has 1 amide bonds. The van der Waals surface area contributed by atoms with Crippen molar-refractivity contribution < 1.29 is 49.3 Å². The van der Waals surface area contributed by atoms with Crippen LogP contribution in [0.5, 0.6) is 0 Å². The van der Waals surface area contributed by atoms with Gasteiger partial charge in [-0.3, -0.25) is 4.79 Å². The van der Waals surface area contributed by atoms with Crippen LogP contribution < -0.4 is 34.0 Å². The Morgan fingerprint density at radius 3 is 2.26 bits per heavy atom. The minimum absolute atomic E-state index is 0.000983. The fourth-order valence-electron chi connectivity index (χ4n) is 5.02. The van der Waals surface area contributed by atoms with Gasteiger partial charge in [-0.25, -0.2) is 0 Å². The number of amides is 1. The van der Waals surface area contributed by atoms with Crippen LogP contribution in [-0.4, -0.2) is 137 Å². The van der Waals surface area contributed by atoms with Crippen LogP contribution in [0, 0.1) is 0 Å². The van der Waals surface area contributed by atoms with Crippen LogP contribution in [0.3, 0.4) is 0 Å². The number of ether oxygens (including phenoxy) is 4. The average molecular weight is 553 g/mol. The number of hydrogen-bond acceptors (Lipinski definition) is 15. The van der Waals surface area contributed by atoms with Crippen molar-refractivity contribution in [3.63, 3.8) is 0 Å². The van der Waals surface area contributed by atoms with Gasteiger partial charge in [-0.05, 0) is 32.2 Å². The van der Waals surface area contributed by atoms with Gasteiger partial charge >= 0.3 is 0 Å². The van der Waals surface area contributed by atoms with E-state index >= 15 is 0 Å². The van der Waals surface area contributed by atoms with E-state index in [0.29, 0.717) is 12.8 Å². The summed E-state index contributed by atoms with van der Waals surface area (Å²) in [6, 6.07) is -3.54. The summed E-state index contributed by atoms with van der Waals surface area (Å²) in [5.41, 5.74) is 29.6. The number of carbonyl (C=O) groups excluding carboxylic acids is 1. The number of nitrogens with two attached hydrogens (primary N) is 5. The molecular weight excluding hydrogens is 508 g/mol. The molecule has 0 bridgehead atoms. The number of rotatable bonds is 10. The third-order valence-electron chi connectivity index (χ3n) is 7.37. The van der Waals surface area contributed by atoms with Gasteiger partial charge in [0, 0.05) is 12.6 Å². The molecule has 14 atom stereocenters. The maximum Gasteiger partial charge on any atom is 0.249 e. The minimum atomic E-state index is -1.55. The predicted octanol–water partition coefficient (Wildman–Crippen LogP) is -6.40. The summed E-state index contributed by atoms with van der Waals surface area (Å²) in [7, 11) is 0. The van der Waals surface area contributed by atoms with Crippen molar-refractivity contribution in [2.75, 3.05) is 19.7 Å². The fraction of sp³-hybridized carbons (Fsp3) is 0.955. The summed E-state index contributed by atoms with van der Waals surface area (Å²) in [4.78, 5) is 12.6. The van der Waals surface area contributed by atoms with Crippen molar-refractivity contribution in [3.05, 3.63) is 0 Å².